The van der Waals surface area contributed by atoms with Crippen LogP contribution in [-0.2, 0) is 16.6 Å². The highest BCUT2D eigenvalue weighted by Crippen LogP contribution is 2.21. The Morgan fingerprint density at radius 2 is 2.05 bits per heavy atom. The van der Waals surface area contributed by atoms with E-state index >= 15 is 0 Å². The van der Waals surface area contributed by atoms with Crippen molar-refractivity contribution in [2.45, 2.75) is 11.6 Å². The molecule has 0 spiro atoms. The molecule has 2 rings (SSSR count). The minimum atomic E-state index is -3.87. The summed E-state index contributed by atoms with van der Waals surface area (Å²) in [7, 11) is -2.09. The van der Waals surface area contributed by atoms with Crippen molar-refractivity contribution in [2.75, 3.05) is 11.8 Å². The first-order chi connectivity index (χ1) is 9.92. The molecular weight excluding hydrogens is 317 g/mol. The Balaban J connectivity index is 2.23. The van der Waals surface area contributed by atoms with Gasteiger partial charge in [-0.15, -0.1) is 0 Å². The number of sulfonamides is 1. The average Bonchev–Trinajstić information content (AvgIpc) is 2.44. The molecule has 5 nitrogen and oxygen atoms in total. The van der Waals surface area contributed by atoms with Crippen LogP contribution in [0.4, 0.5) is 10.1 Å². The van der Waals surface area contributed by atoms with Crippen molar-refractivity contribution < 1.29 is 12.8 Å². The lowest BCUT2D eigenvalue weighted by molar-refractivity contribution is 0.597. The van der Waals surface area contributed by atoms with Crippen LogP contribution in [0.2, 0.25) is 5.02 Å². The van der Waals surface area contributed by atoms with Gasteiger partial charge in [-0.2, -0.15) is 8.42 Å². The fraction of sp³-hybridized carbons (Fsp3) is 0.154. The largest absolute Gasteiger partial charge is 0.316 e. The van der Waals surface area contributed by atoms with E-state index in [-0.39, 0.29) is 15.7 Å². The maximum atomic E-state index is 13.3. The van der Waals surface area contributed by atoms with Gasteiger partial charge in [-0.25, -0.2) is 9.37 Å². The van der Waals surface area contributed by atoms with Crippen LogP contribution in [-0.4, -0.2) is 20.4 Å². The summed E-state index contributed by atoms with van der Waals surface area (Å²) in [4.78, 5) is 3.89. The lowest BCUT2D eigenvalue weighted by atomic mass is 10.3. The summed E-state index contributed by atoms with van der Waals surface area (Å²) in [5.74, 6) is -0.700. The minimum absolute atomic E-state index is 0.0764. The van der Waals surface area contributed by atoms with Gasteiger partial charge in [0.1, 0.15) is 5.82 Å². The van der Waals surface area contributed by atoms with Crippen LogP contribution >= 0.6 is 11.6 Å². The quantitative estimate of drug-likeness (QED) is 0.883. The van der Waals surface area contributed by atoms with E-state index in [0.29, 0.717) is 6.54 Å². The maximum Gasteiger partial charge on any atom is 0.279 e. The van der Waals surface area contributed by atoms with Crippen molar-refractivity contribution in [3.8, 4) is 0 Å². The Kier molecular flexibility index (Phi) is 4.76. The molecule has 8 heteroatoms. The van der Waals surface area contributed by atoms with E-state index in [1.165, 1.54) is 24.4 Å². The molecule has 0 atom stereocenters. The molecule has 1 aromatic heterocycles. The molecule has 0 amide bonds. The molecule has 0 aliphatic rings. The summed E-state index contributed by atoms with van der Waals surface area (Å²) in [6, 6.07) is 6.70. The highest BCUT2D eigenvalue weighted by atomic mass is 35.5. The molecule has 2 N–H and O–H groups in total. The molecule has 0 bridgehead atoms. The highest BCUT2D eigenvalue weighted by molar-refractivity contribution is 7.92. The van der Waals surface area contributed by atoms with Gasteiger partial charge in [0.15, 0.2) is 5.03 Å². The SMILES string of the molecule is CNCc1ccc(S(=O)(=O)Nc2ccc(Cl)c(F)c2)nc1. The van der Waals surface area contributed by atoms with Gasteiger partial charge < -0.3 is 5.32 Å². The van der Waals surface area contributed by atoms with Crippen LogP contribution < -0.4 is 10.0 Å². The molecule has 1 heterocycles. The smallest absolute Gasteiger partial charge is 0.279 e. The molecule has 0 saturated heterocycles. The molecule has 21 heavy (non-hydrogen) atoms. The second kappa shape index (κ2) is 6.38. The first-order valence-electron chi connectivity index (χ1n) is 6.00. The molecule has 0 aliphatic heterocycles. The number of rotatable bonds is 5. The normalized spacial score (nSPS) is 11.4. The topological polar surface area (TPSA) is 71.1 Å². The van der Waals surface area contributed by atoms with E-state index in [9.17, 15) is 12.8 Å². The summed E-state index contributed by atoms with van der Waals surface area (Å²) in [5, 5.41) is 2.72. The number of pyridine rings is 1. The maximum absolute atomic E-state index is 13.3. The Bertz CT molecular complexity index is 736. The van der Waals surface area contributed by atoms with E-state index in [1.807, 2.05) is 0 Å². The van der Waals surface area contributed by atoms with Crippen molar-refractivity contribution in [3.63, 3.8) is 0 Å². The van der Waals surface area contributed by atoms with Gasteiger partial charge in [0.2, 0.25) is 0 Å². The Morgan fingerprint density at radius 3 is 2.62 bits per heavy atom. The molecule has 0 aliphatic carbocycles. The number of nitrogens with one attached hydrogen (secondary N) is 2. The van der Waals surface area contributed by atoms with Crippen molar-refractivity contribution in [1.82, 2.24) is 10.3 Å². The molecule has 0 radical (unpaired) electrons. The monoisotopic (exact) mass is 329 g/mol. The fourth-order valence-electron chi connectivity index (χ4n) is 1.65. The number of hydrogen-bond donors (Lipinski definition) is 2. The van der Waals surface area contributed by atoms with E-state index in [0.717, 1.165) is 11.6 Å². The number of anilines is 1. The molecule has 1 aromatic carbocycles. The second-order valence-corrected chi connectivity index (χ2v) is 6.31. The van der Waals surface area contributed by atoms with Crippen LogP contribution in [0.25, 0.3) is 0 Å². The van der Waals surface area contributed by atoms with Crippen molar-refractivity contribution in [3.05, 3.63) is 52.9 Å². The molecule has 0 saturated carbocycles. The third-order valence-electron chi connectivity index (χ3n) is 2.63. The van der Waals surface area contributed by atoms with Crippen LogP contribution in [0.15, 0.2) is 41.6 Å². The van der Waals surface area contributed by atoms with E-state index in [4.69, 9.17) is 11.6 Å². The zero-order chi connectivity index (χ0) is 15.5. The zero-order valence-corrected chi connectivity index (χ0v) is 12.7. The van der Waals surface area contributed by atoms with Crippen molar-refractivity contribution in [2.24, 2.45) is 0 Å². The number of halogens is 2. The molecule has 112 valence electrons. The number of aromatic nitrogens is 1. The molecule has 2 aromatic rings. The Hall–Kier alpha value is -1.70. The fourth-order valence-corrected chi connectivity index (χ4v) is 2.74. The van der Waals surface area contributed by atoms with Crippen LogP contribution in [0, 0.1) is 5.82 Å². The summed E-state index contributed by atoms with van der Waals surface area (Å²) in [6.45, 7) is 0.586. The van der Waals surface area contributed by atoms with E-state index in [2.05, 4.69) is 15.0 Å². The molecular formula is C13H13ClFN3O2S. The number of hydrogen-bond acceptors (Lipinski definition) is 4. The predicted octanol–water partition coefficient (Wildman–Crippen LogP) is 2.39. The van der Waals surface area contributed by atoms with E-state index in [1.54, 1.807) is 13.1 Å². The first-order valence-corrected chi connectivity index (χ1v) is 7.86. The predicted molar refractivity (Wildman–Crippen MR) is 79.2 cm³/mol. The van der Waals surface area contributed by atoms with Crippen molar-refractivity contribution >= 4 is 27.3 Å². The summed E-state index contributed by atoms with van der Waals surface area (Å²) in [6.07, 6.45) is 1.47. The molecule has 0 fully saturated rings. The summed E-state index contributed by atoms with van der Waals surface area (Å²) in [5.41, 5.74) is 0.937. The van der Waals surface area contributed by atoms with Gasteiger partial charge in [-0.1, -0.05) is 17.7 Å². The van der Waals surface area contributed by atoms with E-state index < -0.39 is 15.8 Å². The number of nitrogens with zero attached hydrogens (tertiary/aromatic N) is 1. The van der Waals surface area contributed by atoms with Crippen molar-refractivity contribution in [1.29, 1.82) is 0 Å². The first kappa shape index (κ1) is 15.7. The van der Waals surface area contributed by atoms with Gasteiger partial charge in [0, 0.05) is 12.7 Å². The molecule has 0 unspecified atom stereocenters. The van der Waals surface area contributed by atoms with Gasteiger partial charge in [0.25, 0.3) is 10.0 Å². The zero-order valence-electron chi connectivity index (χ0n) is 11.1. The third-order valence-corrected chi connectivity index (χ3v) is 4.23. The number of benzene rings is 1. The van der Waals surface area contributed by atoms with Gasteiger partial charge in [-0.3, -0.25) is 4.72 Å². The lowest BCUT2D eigenvalue weighted by Gasteiger charge is -2.08. The Labute approximate surface area is 127 Å². The average molecular weight is 330 g/mol. The van der Waals surface area contributed by atoms with Gasteiger partial charge in [-0.05, 0) is 36.9 Å². The Morgan fingerprint density at radius 1 is 1.29 bits per heavy atom. The van der Waals surface area contributed by atoms with Gasteiger partial charge >= 0.3 is 0 Å². The standard InChI is InChI=1S/C13H13ClFN3O2S/c1-16-7-9-2-5-13(17-8-9)21(19,20)18-10-3-4-11(14)12(15)6-10/h2-6,8,16,18H,7H2,1H3. The second-order valence-electron chi connectivity index (χ2n) is 4.27. The summed E-state index contributed by atoms with van der Waals surface area (Å²) < 4.78 is 39.8. The summed E-state index contributed by atoms with van der Waals surface area (Å²) >= 11 is 5.55. The van der Waals surface area contributed by atoms with Crippen LogP contribution in [0.1, 0.15) is 5.56 Å². The van der Waals surface area contributed by atoms with Crippen LogP contribution in [0.3, 0.4) is 0 Å². The third kappa shape index (κ3) is 3.90. The van der Waals surface area contributed by atoms with Crippen LogP contribution in [0.5, 0.6) is 0 Å². The minimum Gasteiger partial charge on any atom is -0.316 e. The highest BCUT2D eigenvalue weighted by Gasteiger charge is 2.16. The van der Waals surface area contributed by atoms with Gasteiger partial charge in [0.05, 0.1) is 10.7 Å². The lowest BCUT2D eigenvalue weighted by Crippen LogP contribution is -2.15.